The van der Waals surface area contributed by atoms with Crippen molar-refractivity contribution in [1.29, 1.82) is 0 Å². The molecule has 19 heavy (non-hydrogen) atoms. The SMILES string of the molecule is CNS(=O)(=O)c1ccc(CNC(=O)NC2CC2)cc1. The summed E-state index contributed by atoms with van der Waals surface area (Å²) < 4.78 is 25.3. The van der Waals surface area contributed by atoms with E-state index >= 15 is 0 Å². The van der Waals surface area contributed by atoms with E-state index in [0.29, 0.717) is 12.6 Å². The highest BCUT2D eigenvalue weighted by Crippen LogP contribution is 2.18. The highest BCUT2D eigenvalue weighted by Gasteiger charge is 2.22. The second-order valence-electron chi connectivity index (χ2n) is 4.45. The van der Waals surface area contributed by atoms with Gasteiger partial charge in [-0.25, -0.2) is 17.9 Å². The fraction of sp³-hybridized carbons (Fsp3) is 0.417. The van der Waals surface area contributed by atoms with E-state index in [2.05, 4.69) is 15.4 Å². The average Bonchev–Trinajstić information content (AvgIpc) is 3.21. The standard InChI is InChI=1S/C12H17N3O3S/c1-13-19(17,18)11-6-2-9(3-7-11)8-14-12(16)15-10-4-5-10/h2-3,6-7,10,13H,4-5,8H2,1H3,(H2,14,15,16). The van der Waals surface area contributed by atoms with Crippen LogP contribution in [0.2, 0.25) is 0 Å². The lowest BCUT2D eigenvalue weighted by Gasteiger charge is -2.07. The van der Waals surface area contributed by atoms with Gasteiger partial charge in [0, 0.05) is 12.6 Å². The van der Waals surface area contributed by atoms with Gasteiger partial charge < -0.3 is 10.6 Å². The molecular formula is C12H17N3O3S. The van der Waals surface area contributed by atoms with E-state index in [4.69, 9.17) is 0 Å². The number of amides is 2. The highest BCUT2D eigenvalue weighted by molar-refractivity contribution is 7.89. The largest absolute Gasteiger partial charge is 0.335 e. The molecule has 7 heteroatoms. The number of urea groups is 1. The van der Waals surface area contributed by atoms with Crippen LogP contribution >= 0.6 is 0 Å². The van der Waals surface area contributed by atoms with Gasteiger partial charge in [-0.05, 0) is 37.6 Å². The van der Waals surface area contributed by atoms with Crippen LogP contribution in [0.25, 0.3) is 0 Å². The molecule has 0 spiro atoms. The number of sulfonamides is 1. The first-order chi connectivity index (χ1) is 9.01. The molecule has 0 radical (unpaired) electrons. The lowest BCUT2D eigenvalue weighted by molar-refractivity contribution is 0.240. The quantitative estimate of drug-likeness (QED) is 0.737. The Bertz CT molecular complexity index is 550. The summed E-state index contributed by atoms with van der Waals surface area (Å²) in [7, 11) is -2.04. The summed E-state index contributed by atoms with van der Waals surface area (Å²) in [6.45, 7) is 0.373. The molecule has 0 aliphatic heterocycles. The predicted octanol–water partition coefficient (Wildman–Crippen LogP) is 0.556. The number of carbonyl (C=O) groups is 1. The van der Waals surface area contributed by atoms with Gasteiger partial charge in [0.15, 0.2) is 0 Å². The molecule has 0 saturated heterocycles. The summed E-state index contributed by atoms with van der Waals surface area (Å²) in [5.41, 5.74) is 0.848. The van der Waals surface area contributed by atoms with Crippen molar-refractivity contribution in [3.05, 3.63) is 29.8 Å². The molecule has 6 nitrogen and oxygen atoms in total. The summed E-state index contributed by atoms with van der Waals surface area (Å²) >= 11 is 0. The average molecular weight is 283 g/mol. The molecule has 0 bridgehead atoms. The molecule has 1 aromatic carbocycles. The van der Waals surface area contributed by atoms with Crippen LogP contribution in [0, 0.1) is 0 Å². The van der Waals surface area contributed by atoms with Gasteiger partial charge >= 0.3 is 6.03 Å². The van der Waals surface area contributed by atoms with Crippen LogP contribution in [0.1, 0.15) is 18.4 Å². The smallest absolute Gasteiger partial charge is 0.315 e. The van der Waals surface area contributed by atoms with Crippen LogP contribution in [-0.4, -0.2) is 27.5 Å². The number of rotatable bonds is 5. The van der Waals surface area contributed by atoms with Crippen LogP contribution in [0.4, 0.5) is 4.79 Å². The minimum atomic E-state index is -3.40. The monoisotopic (exact) mass is 283 g/mol. The molecule has 0 unspecified atom stereocenters. The number of hydrogen-bond acceptors (Lipinski definition) is 3. The third-order valence-electron chi connectivity index (χ3n) is 2.87. The molecule has 1 fully saturated rings. The second-order valence-corrected chi connectivity index (χ2v) is 6.34. The summed E-state index contributed by atoms with van der Waals surface area (Å²) in [5.74, 6) is 0. The number of carbonyl (C=O) groups excluding carboxylic acids is 1. The van der Waals surface area contributed by atoms with Gasteiger partial charge in [-0.1, -0.05) is 12.1 Å². The Hall–Kier alpha value is -1.60. The third kappa shape index (κ3) is 3.93. The van der Waals surface area contributed by atoms with E-state index in [9.17, 15) is 13.2 Å². The maximum Gasteiger partial charge on any atom is 0.315 e. The molecule has 2 amide bonds. The van der Waals surface area contributed by atoms with Crippen molar-refractivity contribution in [2.75, 3.05) is 7.05 Å². The van der Waals surface area contributed by atoms with Crippen molar-refractivity contribution in [2.45, 2.75) is 30.3 Å². The first-order valence-electron chi connectivity index (χ1n) is 6.08. The van der Waals surface area contributed by atoms with Crippen LogP contribution in [0.15, 0.2) is 29.2 Å². The summed E-state index contributed by atoms with van der Waals surface area (Å²) in [6.07, 6.45) is 2.09. The van der Waals surface area contributed by atoms with Crippen LogP contribution in [-0.2, 0) is 16.6 Å². The Labute approximate surface area is 112 Å². The van der Waals surface area contributed by atoms with Gasteiger partial charge in [0.2, 0.25) is 10.0 Å². The van der Waals surface area contributed by atoms with Crippen molar-refractivity contribution in [2.24, 2.45) is 0 Å². The first kappa shape index (κ1) is 13.8. The summed E-state index contributed by atoms with van der Waals surface area (Å²) in [6, 6.07) is 6.53. The molecule has 1 aliphatic carbocycles. The number of nitrogens with one attached hydrogen (secondary N) is 3. The van der Waals surface area contributed by atoms with E-state index < -0.39 is 10.0 Å². The lowest BCUT2D eigenvalue weighted by atomic mass is 10.2. The second kappa shape index (κ2) is 5.58. The van der Waals surface area contributed by atoms with E-state index in [-0.39, 0.29) is 10.9 Å². The van der Waals surface area contributed by atoms with Crippen molar-refractivity contribution < 1.29 is 13.2 Å². The predicted molar refractivity (Wildman–Crippen MR) is 71.1 cm³/mol. The number of hydrogen-bond donors (Lipinski definition) is 3. The van der Waals surface area contributed by atoms with Crippen LogP contribution in [0.3, 0.4) is 0 Å². The molecule has 0 aromatic heterocycles. The molecule has 1 aromatic rings. The Morgan fingerprint density at radius 3 is 2.42 bits per heavy atom. The Kier molecular flexibility index (Phi) is 4.06. The zero-order valence-electron chi connectivity index (χ0n) is 10.6. The van der Waals surface area contributed by atoms with Crippen molar-refractivity contribution >= 4 is 16.1 Å². The topological polar surface area (TPSA) is 87.3 Å². The molecular weight excluding hydrogens is 266 g/mol. The zero-order valence-corrected chi connectivity index (χ0v) is 11.5. The molecule has 2 rings (SSSR count). The fourth-order valence-corrected chi connectivity index (χ4v) is 2.28. The lowest BCUT2D eigenvalue weighted by Crippen LogP contribution is -2.36. The normalized spacial score (nSPS) is 15.0. The first-order valence-corrected chi connectivity index (χ1v) is 7.56. The van der Waals surface area contributed by atoms with E-state index in [1.165, 1.54) is 19.2 Å². The van der Waals surface area contributed by atoms with E-state index in [0.717, 1.165) is 18.4 Å². The van der Waals surface area contributed by atoms with E-state index in [1.54, 1.807) is 12.1 Å². The van der Waals surface area contributed by atoms with Crippen LogP contribution in [0.5, 0.6) is 0 Å². The van der Waals surface area contributed by atoms with Crippen molar-refractivity contribution in [3.8, 4) is 0 Å². The van der Waals surface area contributed by atoms with Gasteiger partial charge in [-0.3, -0.25) is 0 Å². The molecule has 0 heterocycles. The fourth-order valence-electron chi connectivity index (χ4n) is 1.55. The minimum absolute atomic E-state index is 0.186. The van der Waals surface area contributed by atoms with Crippen LogP contribution < -0.4 is 15.4 Å². The Balaban J connectivity index is 1.89. The summed E-state index contributed by atoms with van der Waals surface area (Å²) in [5, 5.41) is 5.54. The molecule has 104 valence electrons. The summed E-state index contributed by atoms with van der Waals surface area (Å²) in [4.78, 5) is 11.6. The maximum absolute atomic E-state index is 11.5. The number of benzene rings is 1. The molecule has 0 atom stereocenters. The van der Waals surface area contributed by atoms with Crippen molar-refractivity contribution in [3.63, 3.8) is 0 Å². The van der Waals surface area contributed by atoms with Crippen molar-refractivity contribution in [1.82, 2.24) is 15.4 Å². The molecule has 3 N–H and O–H groups in total. The minimum Gasteiger partial charge on any atom is -0.335 e. The molecule has 1 saturated carbocycles. The van der Waals surface area contributed by atoms with Gasteiger partial charge in [-0.15, -0.1) is 0 Å². The van der Waals surface area contributed by atoms with Gasteiger partial charge in [0.1, 0.15) is 0 Å². The van der Waals surface area contributed by atoms with Gasteiger partial charge in [-0.2, -0.15) is 0 Å². The zero-order chi connectivity index (χ0) is 13.9. The van der Waals surface area contributed by atoms with Gasteiger partial charge in [0.05, 0.1) is 4.90 Å². The Morgan fingerprint density at radius 1 is 1.26 bits per heavy atom. The Morgan fingerprint density at radius 2 is 1.89 bits per heavy atom. The van der Waals surface area contributed by atoms with Gasteiger partial charge in [0.25, 0.3) is 0 Å². The van der Waals surface area contributed by atoms with E-state index in [1.807, 2.05) is 0 Å². The third-order valence-corrected chi connectivity index (χ3v) is 4.30. The highest BCUT2D eigenvalue weighted by atomic mass is 32.2. The molecule has 1 aliphatic rings. The maximum atomic E-state index is 11.5.